The number of hydrogen-bond acceptors (Lipinski definition) is 3. The molecule has 0 fully saturated rings. The molecule has 102 valence electrons. The van der Waals surface area contributed by atoms with E-state index in [0.29, 0.717) is 18.7 Å². The van der Waals surface area contributed by atoms with Crippen LogP contribution < -0.4 is 17.0 Å². The molecule has 0 saturated carbocycles. The maximum absolute atomic E-state index is 10.0. The second-order valence-electron chi connectivity index (χ2n) is 4.01. The molecule has 2 aromatic heterocycles. The Labute approximate surface area is 124 Å². The van der Waals surface area contributed by atoms with Crippen LogP contribution in [0.15, 0.2) is 60.7 Å². The molecule has 0 spiro atoms. The average molecular weight is 288 g/mol. The number of aromatic nitrogens is 2. The van der Waals surface area contributed by atoms with Crippen LogP contribution in [0.4, 0.5) is 0 Å². The average Bonchev–Trinajstić information content (AvgIpc) is 2.48. The lowest BCUT2D eigenvalue weighted by molar-refractivity contribution is -0.696. The fourth-order valence-electron chi connectivity index (χ4n) is 1.72. The molecule has 4 nitrogen and oxygen atoms in total. The second-order valence-corrected chi connectivity index (χ2v) is 4.01. The van der Waals surface area contributed by atoms with Crippen molar-refractivity contribution in [2.75, 3.05) is 0 Å². The number of allylic oxidation sites excluding steroid dienone is 2. The van der Waals surface area contributed by atoms with Crippen LogP contribution in [0.2, 0.25) is 0 Å². The molecule has 0 aliphatic carbocycles. The topological polar surface area (TPSA) is 60.8 Å². The Balaban J connectivity index is 0.00000200. The van der Waals surface area contributed by atoms with Crippen LogP contribution in [0.3, 0.4) is 0 Å². The molecule has 20 heavy (non-hydrogen) atoms. The first kappa shape index (κ1) is 15.7. The summed E-state index contributed by atoms with van der Waals surface area (Å²) in [6.45, 7) is 0.616. The zero-order valence-corrected chi connectivity index (χ0v) is 11.5. The number of nitriles is 1. The highest BCUT2D eigenvalue weighted by atomic mass is 35.5. The van der Waals surface area contributed by atoms with Crippen LogP contribution >= 0.6 is 0 Å². The van der Waals surface area contributed by atoms with Gasteiger partial charge in [-0.25, -0.2) is 4.57 Å². The van der Waals surface area contributed by atoms with Gasteiger partial charge in [0.15, 0.2) is 18.9 Å². The van der Waals surface area contributed by atoms with Crippen molar-refractivity contribution in [2.24, 2.45) is 0 Å². The molecular weight excluding hydrogens is 274 g/mol. The molecule has 0 atom stereocenters. The molecule has 0 aromatic carbocycles. The number of aryl methyl sites for hydroxylation is 1. The molecule has 2 heterocycles. The fraction of sp³-hybridized carbons (Fsp3) is 0.133. The molecule has 0 amide bonds. The number of halogens is 1. The Morgan fingerprint density at radius 2 is 1.95 bits per heavy atom. The van der Waals surface area contributed by atoms with Crippen LogP contribution in [-0.2, 0) is 6.54 Å². The summed E-state index contributed by atoms with van der Waals surface area (Å²) in [4.78, 5) is 4.08. The highest BCUT2D eigenvalue weighted by Crippen LogP contribution is 2.16. The summed E-state index contributed by atoms with van der Waals surface area (Å²) in [6.07, 6.45) is 5.83. The monoisotopic (exact) mass is 287 g/mol. The number of pyridine rings is 2. The normalized spacial score (nSPS) is 10.9. The lowest BCUT2D eigenvalue weighted by Gasteiger charge is -2.02. The predicted octanol–water partition coefficient (Wildman–Crippen LogP) is -0.744. The molecule has 5 heteroatoms. The number of rotatable bonds is 4. The van der Waals surface area contributed by atoms with Crippen molar-refractivity contribution in [3.05, 3.63) is 66.4 Å². The van der Waals surface area contributed by atoms with Gasteiger partial charge in [-0.2, -0.15) is 5.26 Å². The second kappa shape index (κ2) is 7.93. The number of nitrogens with zero attached hydrogens (tertiary/aromatic N) is 3. The Bertz CT molecular complexity index is 606. The lowest BCUT2D eigenvalue weighted by Crippen LogP contribution is -3.00. The molecule has 1 N–H and O–H groups in total. The first-order chi connectivity index (χ1) is 9.31. The van der Waals surface area contributed by atoms with Gasteiger partial charge < -0.3 is 17.5 Å². The highest BCUT2D eigenvalue weighted by Gasteiger charge is 2.11. The van der Waals surface area contributed by atoms with E-state index >= 15 is 0 Å². The van der Waals surface area contributed by atoms with Gasteiger partial charge in [0.2, 0.25) is 0 Å². The first-order valence-corrected chi connectivity index (χ1v) is 5.99. The van der Waals surface area contributed by atoms with Crippen molar-refractivity contribution in [3.63, 3.8) is 0 Å². The van der Waals surface area contributed by atoms with Crippen molar-refractivity contribution >= 4 is 5.57 Å². The van der Waals surface area contributed by atoms with Crippen molar-refractivity contribution < 1.29 is 22.1 Å². The van der Waals surface area contributed by atoms with Gasteiger partial charge >= 0.3 is 0 Å². The summed E-state index contributed by atoms with van der Waals surface area (Å²) in [5, 5.41) is 19.2. The van der Waals surface area contributed by atoms with Gasteiger partial charge in [-0.1, -0.05) is 12.1 Å². The fourth-order valence-corrected chi connectivity index (χ4v) is 1.72. The molecule has 0 aliphatic rings. The van der Waals surface area contributed by atoms with Crippen LogP contribution in [0, 0.1) is 11.3 Å². The van der Waals surface area contributed by atoms with Gasteiger partial charge in [-0.05, 0) is 12.1 Å². The third kappa shape index (κ3) is 4.08. The van der Waals surface area contributed by atoms with Gasteiger partial charge in [0.25, 0.3) is 0 Å². The van der Waals surface area contributed by atoms with E-state index in [9.17, 15) is 5.11 Å². The summed E-state index contributed by atoms with van der Waals surface area (Å²) in [7, 11) is 0. The van der Waals surface area contributed by atoms with Gasteiger partial charge in [0, 0.05) is 18.3 Å². The van der Waals surface area contributed by atoms with Crippen molar-refractivity contribution in [3.8, 4) is 6.07 Å². The zero-order valence-electron chi connectivity index (χ0n) is 10.8. The minimum atomic E-state index is 0. The van der Waals surface area contributed by atoms with Crippen LogP contribution in [-0.4, -0.2) is 10.1 Å². The van der Waals surface area contributed by atoms with Gasteiger partial charge in [-0.3, -0.25) is 4.98 Å². The summed E-state index contributed by atoms with van der Waals surface area (Å²) in [5.41, 5.74) is 0.734. The summed E-state index contributed by atoms with van der Waals surface area (Å²) in [6, 6.07) is 13.1. The van der Waals surface area contributed by atoms with E-state index in [4.69, 9.17) is 5.26 Å². The predicted molar refractivity (Wildman–Crippen MR) is 70.7 cm³/mol. The molecule has 0 radical (unpaired) electrons. The SMILES string of the molecule is N#CC(=C(O)CC[n+]1ccccc1)c1ccccn1.[Cl-]. The minimum Gasteiger partial charge on any atom is -1.00 e. The quantitative estimate of drug-likeness (QED) is 0.458. The number of aliphatic hydroxyl groups excluding tert-OH is 1. The maximum atomic E-state index is 10.0. The van der Waals surface area contributed by atoms with Gasteiger partial charge in [0.05, 0.1) is 12.1 Å². The van der Waals surface area contributed by atoms with Gasteiger partial charge in [-0.15, -0.1) is 0 Å². The standard InChI is InChI=1S/C15H13N3O.ClH/c16-12-13(14-6-2-3-8-17-14)15(19)7-11-18-9-4-1-5-10-18;/h1-6,8-10H,7,11H2;1H. The lowest BCUT2D eigenvalue weighted by atomic mass is 10.1. The summed E-state index contributed by atoms with van der Waals surface area (Å²) < 4.78 is 1.95. The zero-order chi connectivity index (χ0) is 13.5. The Hall–Kier alpha value is -2.38. The van der Waals surface area contributed by atoms with E-state index in [-0.39, 0.29) is 23.7 Å². The number of aliphatic hydroxyl groups is 1. The van der Waals surface area contributed by atoms with Crippen molar-refractivity contribution in [1.82, 2.24) is 4.98 Å². The molecular formula is C15H14ClN3O. The molecule has 0 bridgehead atoms. The van der Waals surface area contributed by atoms with Crippen LogP contribution in [0.25, 0.3) is 5.57 Å². The Kier molecular flexibility index (Phi) is 6.21. The smallest absolute Gasteiger partial charge is 0.168 e. The van der Waals surface area contributed by atoms with Crippen molar-refractivity contribution in [1.29, 1.82) is 5.26 Å². The Morgan fingerprint density at radius 1 is 1.20 bits per heavy atom. The molecule has 2 rings (SSSR count). The van der Waals surface area contributed by atoms with E-state index < -0.39 is 0 Å². The van der Waals surface area contributed by atoms with Crippen LogP contribution in [0.5, 0.6) is 0 Å². The molecule has 2 aromatic rings. The summed E-state index contributed by atoms with van der Waals surface area (Å²) >= 11 is 0. The highest BCUT2D eigenvalue weighted by molar-refractivity contribution is 5.75. The summed E-state index contributed by atoms with van der Waals surface area (Å²) in [5.74, 6) is 0.0672. The van der Waals surface area contributed by atoms with Crippen LogP contribution in [0.1, 0.15) is 12.1 Å². The van der Waals surface area contributed by atoms with E-state index in [2.05, 4.69) is 4.98 Å². The van der Waals surface area contributed by atoms with Crippen molar-refractivity contribution in [2.45, 2.75) is 13.0 Å². The molecule has 0 saturated heterocycles. The minimum absolute atomic E-state index is 0. The van der Waals surface area contributed by atoms with E-state index in [1.807, 2.05) is 41.2 Å². The molecule has 0 unspecified atom stereocenters. The van der Waals surface area contributed by atoms with E-state index in [0.717, 1.165) is 0 Å². The van der Waals surface area contributed by atoms with Gasteiger partial charge in [0.1, 0.15) is 17.4 Å². The third-order valence-electron chi connectivity index (χ3n) is 2.71. The third-order valence-corrected chi connectivity index (χ3v) is 2.71. The molecule has 0 aliphatic heterocycles. The van der Waals surface area contributed by atoms with E-state index in [1.165, 1.54) is 0 Å². The Morgan fingerprint density at radius 3 is 2.55 bits per heavy atom. The largest absolute Gasteiger partial charge is 1.00 e. The maximum Gasteiger partial charge on any atom is 0.168 e. The first-order valence-electron chi connectivity index (χ1n) is 5.99. The number of hydrogen-bond donors (Lipinski definition) is 1. The van der Waals surface area contributed by atoms with E-state index in [1.54, 1.807) is 24.4 Å².